The summed E-state index contributed by atoms with van der Waals surface area (Å²) in [7, 11) is 0. The molecule has 0 amide bonds. The number of nitrogens with one attached hydrogen (secondary N) is 1. The minimum absolute atomic E-state index is 0.216. The van der Waals surface area contributed by atoms with Gasteiger partial charge in [0.15, 0.2) is 5.16 Å². The third-order valence-corrected chi connectivity index (χ3v) is 4.68. The first-order valence-electron chi connectivity index (χ1n) is 5.87. The molecule has 0 aromatic carbocycles. The molecule has 2 heterocycles. The van der Waals surface area contributed by atoms with Crippen LogP contribution >= 0.6 is 23.1 Å². The van der Waals surface area contributed by atoms with Crippen LogP contribution < -0.4 is 5.69 Å². The zero-order valence-electron chi connectivity index (χ0n) is 10.7. The molecule has 0 saturated heterocycles. The van der Waals surface area contributed by atoms with E-state index in [4.69, 9.17) is 5.11 Å². The van der Waals surface area contributed by atoms with Crippen molar-refractivity contribution < 1.29 is 9.90 Å². The number of aromatic amines is 1. The molecule has 0 atom stereocenters. The van der Waals surface area contributed by atoms with Crippen LogP contribution in [0.15, 0.2) is 27.5 Å². The van der Waals surface area contributed by atoms with E-state index in [2.05, 4.69) is 10.2 Å². The monoisotopic (exact) mass is 311 g/mol. The number of aliphatic carboxylic acids is 1. The van der Waals surface area contributed by atoms with Crippen molar-refractivity contribution in [2.24, 2.45) is 0 Å². The average molecular weight is 311 g/mol. The van der Waals surface area contributed by atoms with Crippen molar-refractivity contribution in [2.45, 2.75) is 24.4 Å². The maximum Gasteiger partial charge on any atom is 0.343 e. The Kier molecular flexibility index (Phi) is 4.80. The largest absolute Gasteiger partial charge is 0.478 e. The van der Waals surface area contributed by atoms with Crippen LogP contribution in [0, 0.1) is 0 Å². The fourth-order valence-electron chi connectivity index (χ4n) is 1.60. The molecule has 0 aliphatic heterocycles. The van der Waals surface area contributed by atoms with Crippen molar-refractivity contribution in [3.05, 3.63) is 38.4 Å². The van der Waals surface area contributed by atoms with E-state index in [1.165, 1.54) is 11.8 Å². The number of carboxylic acids is 1. The minimum Gasteiger partial charge on any atom is -0.478 e. The standard InChI is InChI=1S/C12H13N3O3S2/c1-2-15-11(18)13-14-12(15)20-7-9-8(5-6-19-9)3-4-10(16)17/h3-6H,2,7H2,1H3,(H,13,18)(H,16,17). The molecule has 0 radical (unpaired) electrons. The molecule has 0 saturated carbocycles. The van der Waals surface area contributed by atoms with E-state index in [9.17, 15) is 9.59 Å². The molecule has 0 aliphatic carbocycles. The highest BCUT2D eigenvalue weighted by Gasteiger charge is 2.09. The minimum atomic E-state index is -0.970. The van der Waals surface area contributed by atoms with Crippen molar-refractivity contribution >= 4 is 35.1 Å². The van der Waals surface area contributed by atoms with Crippen LogP contribution in [0.4, 0.5) is 0 Å². The molecular weight excluding hydrogens is 298 g/mol. The Labute approximate surface area is 123 Å². The number of carboxylic acid groups (broad SMARTS) is 1. The van der Waals surface area contributed by atoms with Gasteiger partial charge in [0.1, 0.15) is 0 Å². The molecule has 2 N–H and O–H groups in total. The number of hydrogen-bond donors (Lipinski definition) is 2. The van der Waals surface area contributed by atoms with Crippen molar-refractivity contribution in [1.29, 1.82) is 0 Å². The van der Waals surface area contributed by atoms with Gasteiger partial charge in [0.2, 0.25) is 0 Å². The smallest absolute Gasteiger partial charge is 0.343 e. The molecule has 20 heavy (non-hydrogen) atoms. The number of carbonyl (C=O) groups is 1. The number of rotatable bonds is 6. The molecule has 0 spiro atoms. The van der Waals surface area contributed by atoms with Gasteiger partial charge in [-0.2, -0.15) is 0 Å². The highest BCUT2D eigenvalue weighted by Crippen LogP contribution is 2.26. The van der Waals surface area contributed by atoms with Crippen molar-refractivity contribution in [3.8, 4) is 0 Å². The van der Waals surface area contributed by atoms with Crippen molar-refractivity contribution in [3.63, 3.8) is 0 Å². The summed E-state index contributed by atoms with van der Waals surface area (Å²) < 4.78 is 1.56. The van der Waals surface area contributed by atoms with Gasteiger partial charge in [0.05, 0.1) is 0 Å². The fourth-order valence-corrected chi connectivity index (χ4v) is 3.60. The molecule has 6 nitrogen and oxygen atoms in total. The Morgan fingerprint density at radius 3 is 3.15 bits per heavy atom. The third kappa shape index (κ3) is 3.40. The lowest BCUT2D eigenvalue weighted by atomic mass is 10.2. The number of nitrogens with zero attached hydrogens (tertiary/aromatic N) is 2. The summed E-state index contributed by atoms with van der Waals surface area (Å²) in [6.45, 7) is 2.45. The first-order valence-corrected chi connectivity index (χ1v) is 7.73. The Morgan fingerprint density at radius 1 is 1.65 bits per heavy atom. The van der Waals surface area contributed by atoms with Crippen LogP contribution in [0.1, 0.15) is 17.4 Å². The Balaban J connectivity index is 2.10. The highest BCUT2D eigenvalue weighted by molar-refractivity contribution is 7.98. The fraction of sp³-hybridized carbons (Fsp3) is 0.250. The van der Waals surface area contributed by atoms with Crippen LogP contribution in [-0.4, -0.2) is 25.8 Å². The molecule has 2 aromatic heterocycles. The molecule has 2 aromatic rings. The summed E-state index contributed by atoms with van der Waals surface area (Å²) >= 11 is 3.00. The lowest BCUT2D eigenvalue weighted by molar-refractivity contribution is -0.131. The van der Waals surface area contributed by atoms with E-state index in [1.807, 2.05) is 18.4 Å². The van der Waals surface area contributed by atoms with E-state index in [0.717, 1.165) is 16.5 Å². The molecule has 0 unspecified atom stereocenters. The predicted molar refractivity (Wildman–Crippen MR) is 79.1 cm³/mol. The number of aromatic nitrogens is 3. The zero-order chi connectivity index (χ0) is 14.5. The molecule has 0 fully saturated rings. The maximum atomic E-state index is 11.4. The number of H-pyrrole nitrogens is 1. The van der Waals surface area contributed by atoms with Gasteiger partial charge in [-0.25, -0.2) is 14.7 Å². The second kappa shape index (κ2) is 6.58. The van der Waals surface area contributed by atoms with E-state index in [-0.39, 0.29) is 5.69 Å². The van der Waals surface area contributed by atoms with Gasteiger partial charge < -0.3 is 5.11 Å². The van der Waals surface area contributed by atoms with E-state index >= 15 is 0 Å². The van der Waals surface area contributed by atoms with Gasteiger partial charge in [-0.15, -0.1) is 16.4 Å². The van der Waals surface area contributed by atoms with Gasteiger partial charge in [-0.05, 0) is 30.0 Å². The van der Waals surface area contributed by atoms with Gasteiger partial charge in [0, 0.05) is 23.3 Å². The normalized spacial score (nSPS) is 11.2. The van der Waals surface area contributed by atoms with Crippen LogP contribution in [-0.2, 0) is 17.1 Å². The van der Waals surface area contributed by atoms with Gasteiger partial charge in [-0.3, -0.25) is 4.57 Å². The van der Waals surface area contributed by atoms with Crippen molar-refractivity contribution in [1.82, 2.24) is 14.8 Å². The van der Waals surface area contributed by atoms with E-state index in [0.29, 0.717) is 17.5 Å². The van der Waals surface area contributed by atoms with E-state index < -0.39 is 5.97 Å². The van der Waals surface area contributed by atoms with E-state index in [1.54, 1.807) is 22.0 Å². The first kappa shape index (κ1) is 14.6. The van der Waals surface area contributed by atoms with Gasteiger partial charge in [0.25, 0.3) is 0 Å². The molecule has 0 aliphatic rings. The number of hydrogen-bond acceptors (Lipinski definition) is 5. The predicted octanol–water partition coefficient (Wildman–Crippen LogP) is 2.04. The SMILES string of the molecule is CCn1c(SCc2sccc2C=CC(=O)O)n[nH]c1=O. The summed E-state index contributed by atoms with van der Waals surface area (Å²) in [5, 5.41) is 17.6. The Hall–Kier alpha value is -1.80. The summed E-state index contributed by atoms with van der Waals surface area (Å²) in [5.74, 6) is -0.330. The Morgan fingerprint density at radius 2 is 2.45 bits per heavy atom. The second-order valence-corrected chi connectivity index (χ2v) is 5.76. The molecule has 106 valence electrons. The lowest BCUT2D eigenvalue weighted by Crippen LogP contribution is -2.16. The summed E-state index contributed by atoms with van der Waals surface area (Å²) in [6.07, 6.45) is 2.69. The number of thiophene rings is 1. The summed E-state index contributed by atoms with van der Waals surface area (Å²) in [6, 6.07) is 1.87. The van der Waals surface area contributed by atoms with Crippen LogP contribution in [0.3, 0.4) is 0 Å². The summed E-state index contributed by atoms with van der Waals surface area (Å²) in [4.78, 5) is 23.0. The number of thioether (sulfide) groups is 1. The highest BCUT2D eigenvalue weighted by atomic mass is 32.2. The van der Waals surface area contributed by atoms with Crippen LogP contribution in [0.25, 0.3) is 6.08 Å². The van der Waals surface area contributed by atoms with Crippen LogP contribution in [0.2, 0.25) is 0 Å². The molecular formula is C12H13N3O3S2. The average Bonchev–Trinajstić information content (AvgIpc) is 3.00. The van der Waals surface area contributed by atoms with Gasteiger partial charge in [-0.1, -0.05) is 11.8 Å². The third-order valence-electron chi connectivity index (χ3n) is 2.56. The van der Waals surface area contributed by atoms with Crippen LogP contribution in [0.5, 0.6) is 0 Å². The molecule has 0 bridgehead atoms. The topological polar surface area (TPSA) is 88.0 Å². The quantitative estimate of drug-likeness (QED) is 0.629. The molecule has 2 rings (SSSR count). The molecule has 8 heteroatoms. The zero-order valence-corrected chi connectivity index (χ0v) is 12.3. The second-order valence-electron chi connectivity index (χ2n) is 3.81. The Bertz CT molecular complexity index is 684. The lowest BCUT2D eigenvalue weighted by Gasteiger charge is -2.01. The van der Waals surface area contributed by atoms with Crippen molar-refractivity contribution in [2.75, 3.05) is 0 Å². The first-order chi connectivity index (χ1) is 9.61. The van der Waals surface area contributed by atoms with Gasteiger partial charge >= 0.3 is 11.7 Å². The maximum absolute atomic E-state index is 11.4. The summed E-state index contributed by atoms with van der Waals surface area (Å²) in [5.41, 5.74) is 0.665.